The van der Waals surface area contributed by atoms with Crippen LogP contribution < -0.4 is 5.32 Å². The van der Waals surface area contributed by atoms with Crippen molar-refractivity contribution in [2.45, 2.75) is 63.2 Å². The Morgan fingerprint density at radius 3 is 2.52 bits per heavy atom. The largest absolute Gasteiger partial charge is 0.465 e. The van der Waals surface area contributed by atoms with Crippen LogP contribution in [0.1, 0.15) is 51.0 Å². The predicted octanol–water partition coefficient (Wildman–Crippen LogP) is 2.25. The lowest BCUT2D eigenvalue weighted by Crippen LogP contribution is -2.73. The van der Waals surface area contributed by atoms with Crippen LogP contribution >= 0.6 is 0 Å². The Hall–Kier alpha value is -2.21. The molecule has 1 aliphatic heterocycles. The smallest absolute Gasteiger partial charge is 0.323 e. The van der Waals surface area contributed by atoms with Gasteiger partial charge in [-0.15, -0.1) is 0 Å². The van der Waals surface area contributed by atoms with Gasteiger partial charge in [0.15, 0.2) is 5.41 Å². The van der Waals surface area contributed by atoms with Crippen molar-refractivity contribution in [1.82, 2.24) is 5.32 Å². The fourth-order valence-corrected chi connectivity index (χ4v) is 5.01. The average Bonchev–Trinajstić information content (AvgIpc) is 2.86. The molecule has 6 nitrogen and oxygen atoms in total. The van der Waals surface area contributed by atoms with Gasteiger partial charge in [-0.1, -0.05) is 49.6 Å². The number of hydrogen-bond acceptors (Lipinski definition) is 5. The van der Waals surface area contributed by atoms with E-state index in [1.54, 1.807) is 6.92 Å². The number of carbonyl (C=O) groups is 3. The van der Waals surface area contributed by atoms with Crippen LogP contribution in [-0.2, 0) is 29.4 Å². The highest BCUT2D eigenvalue weighted by Gasteiger charge is 2.81. The maximum absolute atomic E-state index is 12.9. The van der Waals surface area contributed by atoms with Crippen LogP contribution in [0.25, 0.3) is 0 Å². The van der Waals surface area contributed by atoms with E-state index in [9.17, 15) is 14.4 Å². The first-order valence-corrected chi connectivity index (χ1v) is 9.81. The number of ketones is 1. The van der Waals surface area contributed by atoms with Gasteiger partial charge in [-0.25, -0.2) is 0 Å². The minimum Gasteiger partial charge on any atom is -0.465 e. The molecule has 4 rings (SSSR count). The molecule has 2 aliphatic carbocycles. The molecular formula is C21H25NO5. The molecule has 1 aromatic rings. The van der Waals surface area contributed by atoms with Crippen molar-refractivity contribution >= 4 is 17.7 Å². The van der Waals surface area contributed by atoms with Gasteiger partial charge in [0.2, 0.25) is 5.78 Å². The zero-order chi connectivity index (χ0) is 19.1. The minimum atomic E-state index is -1.54. The number of amides is 1. The molecule has 1 N–H and O–H groups in total. The molecule has 1 saturated heterocycles. The number of ether oxygens (including phenoxy) is 2. The van der Waals surface area contributed by atoms with E-state index in [0.29, 0.717) is 5.56 Å². The zero-order valence-electron chi connectivity index (χ0n) is 15.5. The van der Waals surface area contributed by atoms with Crippen LogP contribution in [0.15, 0.2) is 30.3 Å². The fraction of sp³-hybridized carbons (Fsp3) is 0.571. The van der Waals surface area contributed by atoms with E-state index in [-0.39, 0.29) is 19.1 Å². The number of hydrogen-bond donors (Lipinski definition) is 1. The summed E-state index contributed by atoms with van der Waals surface area (Å²) < 4.78 is 11.6. The molecule has 1 amide bonds. The summed E-state index contributed by atoms with van der Waals surface area (Å²) in [4.78, 5) is 38.2. The lowest BCUT2D eigenvalue weighted by molar-refractivity contribution is -0.209. The third-order valence-corrected chi connectivity index (χ3v) is 6.31. The molecule has 27 heavy (non-hydrogen) atoms. The molecule has 1 aromatic carbocycles. The Morgan fingerprint density at radius 2 is 1.85 bits per heavy atom. The summed E-state index contributed by atoms with van der Waals surface area (Å²) in [7, 11) is 0. The molecule has 0 spiro atoms. The first kappa shape index (κ1) is 18.2. The Labute approximate surface area is 158 Å². The number of Topliss-reactive ketones (excluding diaryl/α,β-unsaturated/α-hetero) is 1. The van der Waals surface area contributed by atoms with Crippen LogP contribution in [-0.4, -0.2) is 36.5 Å². The molecule has 2 saturated carbocycles. The van der Waals surface area contributed by atoms with Crippen molar-refractivity contribution < 1.29 is 23.9 Å². The van der Waals surface area contributed by atoms with Crippen LogP contribution in [0.2, 0.25) is 0 Å². The number of fused-ring (bicyclic) bond motifs is 1. The molecule has 0 radical (unpaired) electrons. The van der Waals surface area contributed by atoms with E-state index in [0.717, 1.165) is 25.7 Å². The van der Waals surface area contributed by atoms with Gasteiger partial charge in [-0.2, -0.15) is 0 Å². The van der Waals surface area contributed by atoms with E-state index in [2.05, 4.69) is 5.32 Å². The molecular weight excluding hydrogens is 346 g/mol. The topological polar surface area (TPSA) is 81.7 Å². The maximum atomic E-state index is 12.9. The van der Waals surface area contributed by atoms with Crippen LogP contribution in [0.4, 0.5) is 0 Å². The van der Waals surface area contributed by atoms with Gasteiger partial charge in [0.05, 0.1) is 18.8 Å². The molecule has 144 valence electrons. The molecule has 3 aliphatic rings. The minimum absolute atomic E-state index is 0.0946. The van der Waals surface area contributed by atoms with E-state index in [4.69, 9.17) is 9.47 Å². The molecule has 1 heterocycles. The van der Waals surface area contributed by atoms with Crippen molar-refractivity contribution in [2.75, 3.05) is 6.61 Å². The Morgan fingerprint density at radius 1 is 1.15 bits per heavy atom. The standard InChI is InChI=1S/C21H25NO5/c1-2-26-19(25)20-13-16(27-15-11-7-4-8-12-15)21(20,22-18(24)17(20)23)14-9-5-3-6-10-14/h3,5-6,9-10,15-16H,2,4,7-8,11-13H2,1H3,(H,22,24)/t16-,20+,21-/m0/s1. The number of benzene rings is 1. The maximum Gasteiger partial charge on any atom is 0.323 e. The van der Waals surface area contributed by atoms with Crippen molar-refractivity contribution in [1.29, 1.82) is 0 Å². The molecule has 6 heteroatoms. The zero-order valence-corrected chi connectivity index (χ0v) is 15.5. The number of carbonyl (C=O) groups excluding carboxylic acids is 3. The second-order valence-corrected chi connectivity index (χ2v) is 7.67. The third-order valence-electron chi connectivity index (χ3n) is 6.31. The summed E-state index contributed by atoms with van der Waals surface area (Å²) in [6, 6.07) is 9.21. The predicted molar refractivity (Wildman–Crippen MR) is 96.7 cm³/mol. The molecule has 0 bridgehead atoms. The van der Waals surface area contributed by atoms with Crippen molar-refractivity contribution in [2.24, 2.45) is 5.41 Å². The van der Waals surface area contributed by atoms with Gasteiger partial charge in [-0.3, -0.25) is 14.4 Å². The average molecular weight is 371 g/mol. The summed E-state index contributed by atoms with van der Waals surface area (Å²) in [6.45, 7) is 1.85. The monoisotopic (exact) mass is 371 g/mol. The van der Waals surface area contributed by atoms with E-state index in [1.807, 2.05) is 30.3 Å². The first-order valence-electron chi connectivity index (χ1n) is 9.81. The summed E-state index contributed by atoms with van der Waals surface area (Å²) in [6.07, 6.45) is 5.21. The van der Waals surface area contributed by atoms with Gasteiger partial charge in [0.25, 0.3) is 5.91 Å². The Kier molecular flexibility index (Phi) is 4.54. The number of esters is 1. The van der Waals surface area contributed by atoms with Gasteiger partial charge in [-0.05, 0) is 25.3 Å². The van der Waals surface area contributed by atoms with Crippen LogP contribution in [0.5, 0.6) is 0 Å². The molecule has 0 aromatic heterocycles. The SMILES string of the molecule is CCOC(=O)[C@]12C[C@H](OC3CCCCC3)[C@]1(c1ccccc1)NC(=O)C2=O. The lowest BCUT2D eigenvalue weighted by atomic mass is 9.50. The normalized spacial score (nSPS) is 33.1. The lowest BCUT2D eigenvalue weighted by Gasteiger charge is -2.57. The van der Waals surface area contributed by atoms with Gasteiger partial charge < -0.3 is 14.8 Å². The second kappa shape index (κ2) is 6.75. The van der Waals surface area contributed by atoms with E-state index < -0.39 is 34.7 Å². The van der Waals surface area contributed by atoms with Gasteiger partial charge in [0, 0.05) is 6.42 Å². The first-order chi connectivity index (χ1) is 13.1. The quantitative estimate of drug-likeness (QED) is 0.488. The highest BCUT2D eigenvalue weighted by Crippen LogP contribution is 2.62. The molecule has 3 atom stereocenters. The molecule has 0 unspecified atom stereocenters. The van der Waals surface area contributed by atoms with Crippen LogP contribution in [0, 0.1) is 5.41 Å². The van der Waals surface area contributed by atoms with E-state index >= 15 is 0 Å². The summed E-state index contributed by atoms with van der Waals surface area (Å²) in [5, 5.41) is 2.84. The van der Waals surface area contributed by atoms with Crippen molar-refractivity contribution in [3.8, 4) is 0 Å². The fourth-order valence-electron chi connectivity index (χ4n) is 5.01. The third kappa shape index (κ3) is 2.46. The summed E-state index contributed by atoms with van der Waals surface area (Å²) >= 11 is 0. The summed E-state index contributed by atoms with van der Waals surface area (Å²) in [5.74, 6) is -2.09. The Balaban J connectivity index is 1.76. The summed E-state index contributed by atoms with van der Waals surface area (Å²) in [5.41, 5.74) is -2.02. The van der Waals surface area contributed by atoms with Crippen molar-refractivity contribution in [3.05, 3.63) is 35.9 Å². The van der Waals surface area contributed by atoms with Crippen molar-refractivity contribution in [3.63, 3.8) is 0 Å². The van der Waals surface area contributed by atoms with E-state index in [1.165, 1.54) is 6.42 Å². The Bertz CT molecular complexity index is 757. The van der Waals surface area contributed by atoms with Crippen LogP contribution in [0.3, 0.4) is 0 Å². The second-order valence-electron chi connectivity index (χ2n) is 7.67. The molecule has 3 fully saturated rings. The highest BCUT2D eigenvalue weighted by molar-refractivity contribution is 6.45. The number of rotatable bonds is 5. The van der Waals surface area contributed by atoms with Gasteiger partial charge in [0.1, 0.15) is 5.54 Å². The highest BCUT2D eigenvalue weighted by atomic mass is 16.5. The van der Waals surface area contributed by atoms with Gasteiger partial charge >= 0.3 is 5.97 Å². The number of nitrogens with one attached hydrogen (secondary N) is 1.